The topological polar surface area (TPSA) is 51.4 Å². The third kappa shape index (κ3) is 2.66. The molecule has 0 saturated carbocycles. The number of morpholine rings is 1. The van der Waals surface area contributed by atoms with Gasteiger partial charge < -0.3 is 15.4 Å². The lowest BCUT2D eigenvalue weighted by atomic mass is 9.80. The third-order valence-corrected chi connectivity index (χ3v) is 4.43. The molecule has 1 aliphatic heterocycles. The Hall–Kier alpha value is -0.970. The quantitative estimate of drug-likeness (QED) is 0.868. The van der Waals surface area contributed by atoms with Crippen LogP contribution >= 0.6 is 0 Å². The zero-order valence-electron chi connectivity index (χ0n) is 11.6. The van der Waals surface area contributed by atoms with E-state index in [4.69, 9.17) is 10.5 Å². The summed E-state index contributed by atoms with van der Waals surface area (Å²) in [5.41, 5.74) is 9.09. The maximum atomic E-state index is 6.51. The van der Waals surface area contributed by atoms with Crippen LogP contribution in [0, 0.1) is 0 Å². The van der Waals surface area contributed by atoms with Gasteiger partial charge in [0.15, 0.2) is 0 Å². The molecule has 4 heteroatoms. The summed E-state index contributed by atoms with van der Waals surface area (Å²) in [5, 5.41) is 0. The van der Waals surface area contributed by atoms with Gasteiger partial charge in [-0.3, -0.25) is 4.98 Å². The van der Waals surface area contributed by atoms with Crippen molar-refractivity contribution in [1.82, 2.24) is 9.88 Å². The van der Waals surface area contributed by atoms with Crippen molar-refractivity contribution in [3.05, 3.63) is 29.6 Å². The Balaban J connectivity index is 1.79. The van der Waals surface area contributed by atoms with Gasteiger partial charge >= 0.3 is 0 Å². The molecule has 104 valence electrons. The van der Waals surface area contributed by atoms with Gasteiger partial charge in [0.2, 0.25) is 0 Å². The Morgan fingerprint density at radius 1 is 1.53 bits per heavy atom. The number of ether oxygens (including phenoxy) is 1. The largest absolute Gasteiger partial charge is 0.374 e. The molecule has 1 aliphatic carbocycles. The fourth-order valence-electron chi connectivity index (χ4n) is 3.32. The standard InChI is InChI=1S/C15H23N3O/c1-18-8-9-19-13(10-18)14(16)12-6-2-4-11-5-3-7-17-15(11)12/h3,5,7,12-14H,2,4,6,8-10,16H2,1H3. The van der Waals surface area contributed by atoms with Crippen LogP contribution in [0.5, 0.6) is 0 Å². The average Bonchev–Trinajstić information content (AvgIpc) is 2.46. The van der Waals surface area contributed by atoms with Gasteiger partial charge in [-0.2, -0.15) is 0 Å². The summed E-state index contributed by atoms with van der Waals surface area (Å²) in [7, 11) is 2.13. The molecule has 2 aliphatic rings. The molecular formula is C15H23N3O. The van der Waals surface area contributed by atoms with Crippen molar-refractivity contribution < 1.29 is 4.74 Å². The highest BCUT2D eigenvalue weighted by atomic mass is 16.5. The van der Waals surface area contributed by atoms with Crippen LogP contribution < -0.4 is 5.73 Å². The van der Waals surface area contributed by atoms with Crippen molar-refractivity contribution >= 4 is 0 Å². The van der Waals surface area contributed by atoms with Crippen LogP contribution in [0.3, 0.4) is 0 Å². The van der Waals surface area contributed by atoms with E-state index in [1.807, 2.05) is 12.3 Å². The molecule has 4 nitrogen and oxygen atoms in total. The molecule has 3 atom stereocenters. The molecule has 0 radical (unpaired) electrons. The maximum absolute atomic E-state index is 6.51. The number of likely N-dealkylation sites (N-methyl/N-ethyl adjacent to an activating group) is 1. The van der Waals surface area contributed by atoms with Crippen molar-refractivity contribution in [2.75, 3.05) is 26.7 Å². The van der Waals surface area contributed by atoms with Crippen molar-refractivity contribution in [2.45, 2.75) is 37.3 Å². The summed E-state index contributed by atoms with van der Waals surface area (Å²) in [6.07, 6.45) is 5.50. The Morgan fingerprint density at radius 2 is 2.42 bits per heavy atom. The number of hydrogen-bond acceptors (Lipinski definition) is 4. The number of nitrogens with two attached hydrogens (primary N) is 1. The molecule has 1 aromatic rings. The van der Waals surface area contributed by atoms with Gasteiger partial charge in [0.05, 0.1) is 12.7 Å². The van der Waals surface area contributed by atoms with Crippen LogP contribution in [0.4, 0.5) is 0 Å². The van der Waals surface area contributed by atoms with Crippen LogP contribution in [-0.2, 0) is 11.2 Å². The summed E-state index contributed by atoms with van der Waals surface area (Å²) >= 11 is 0. The van der Waals surface area contributed by atoms with E-state index in [0.29, 0.717) is 5.92 Å². The maximum Gasteiger partial charge on any atom is 0.0859 e. The minimum absolute atomic E-state index is 0.0525. The molecule has 1 fully saturated rings. The van der Waals surface area contributed by atoms with Crippen molar-refractivity contribution in [2.24, 2.45) is 5.73 Å². The van der Waals surface area contributed by atoms with Crippen molar-refractivity contribution in [3.63, 3.8) is 0 Å². The van der Waals surface area contributed by atoms with Crippen LogP contribution in [0.1, 0.15) is 30.0 Å². The van der Waals surface area contributed by atoms with E-state index in [2.05, 4.69) is 23.0 Å². The Labute approximate surface area is 115 Å². The smallest absolute Gasteiger partial charge is 0.0859 e. The van der Waals surface area contributed by atoms with Gasteiger partial charge in [-0.1, -0.05) is 6.07 Å². The molecule has 0 aromatic carbocycles. The van der Waals surface area contributed by atoms with Crippen LogP contribution in [0.15, 0.2) is 18.3 Å². The first-order valence-corrected chi connectivity index (χ1v) is 7.25. The number of aromatic nitrogens is 1. The fraction of sp³-hybridized carbons (Fsp3) is 0.667. The molecule has 0 spiro atoms. The first-order valence-electron chi connectivity index (χ1n) is 7.25. The van der Waals surface area contributed by atoms with E-state index in [9.17, 15) is 0 Å². The summed E-state index contributed by atoms with van der Waals surface area (Å²) in [6.45, 7) is 2.72. The van der Waals surface area contributed by atoms with Gasteiger partial charge in [-0.05, 0) is 37.9 Å². The second-order valence-electron chi connectivity index (χ2n) is 5.80. The highest BCUT2D eigenvalue weighted by molar-refractivity contribution is 5.27. The molecule has 2 heterocycles. The summed E-state index contributed by atoms with van der Waals surface area (Å²) in [6, 6.07) is 4.27. The number of rotatable bonds is 2. The van der Waals surface area contributed by atoms with E-state index in [-0.39, 0.29) is 12.1 Å². The van der Waals surface area contributed by atoms with E-state index >= 15 is 0 Å². The van der Waals surface area contributed by atoms with Crippen LogP contribution in [0.25, 0.3) is 0 Å². The highest BCUT2D eigenvalue weighted by Gasteiger charge is 2.34. The van der Waals surface area contributed by atoms with Gasteiger partial charge in [0.25, 0.3) is 0 Å². The number of hydrogen-bond donors (Lipinski definition) is 1. The van der Waals surface area contributed by atoms with E-state index < -0.39 is 0 Å². The van der Waals surface area contributed by atoms with Crippen molar-refractivity contribution in [3.8, 4) is 0 Å². The highest BCUT2D eigenvalue weighted by Crippen LogP contribution is 2.33. The minimum atomic E-state index is 0.0525. The number of nitrogens with zero attached hydrogens (tertiary/aromatic N) is 2. The summed E-state index contributed by atoms with van der Waals surface area (Å²) < 4.78 is 5.88. The number of aryl methyl sites for hydroxylation is 1. The average molecular weight is 261 g/mol. The first kappa shape index (κ1) is 13.0. The Morgan fingerprint density at radius 3 is 3.26 bits per heavy atom. The SMILES string of the molecule is CN1CCOC(C(N)C2CCCc3cccnc32)C1. The molecule has 3 rings (SSSR count). The van der Waals surface area contributed by atoms with Gasteiger partial charge in [-0.15, -0.1) is 0 Å². The first-order chi connectivity index (χ1) is 9.25. The lowest BCUT2D eigenvalue weighted by molar-refractivity contribution is -0.0373. The molecule has 2 N–H and O–H groups in total. The monoisotopic (exact) mass is 261 g/mol. The predicted octanol–water partition coefficient (Wildman–Crippen LogP) is 1.16. The van der Waals surface area contributed by atoms with Gasteiger partial charge in [0, 0.05) is 36.9 Å². The third-order valence-electron chi connectivity index (χ3n) is 4.43. The lowest BCUT2D eigenvalue weighted by Gasteiger charge is -2.38. The Bertz CT molecular complexity index is 437. The molecule has 1 aromatic heterocycles. The Kier molecular flexibility index (Phi) is 3.82. The van der Waals surface area contributed by atoms with Crippen LogP contribution in [0.2, 0.25) is 0 Å². The predicted molar refractivity (Wildman–Crippen MR) is 75.1 cm³/mol. The summed E-state index contributed by atoms with van der Waals surface area (Å²) in [5.74, 6) is 0.349. The minimum Gasteiger partial charge on any atom is -0.374 e. The molecule has 0 bridgehead atoms. The fourth-order valence-corrected chi connectivity index (χ4v) is 3.32. The number of fused-ring (bicyclic) bond motifs is 1. The van der Waals surface area contributed by atoms with E-state index in [0.717, 1.165) is 32.5 Å². The second-order valence-corrected chi connectivity index (χ2v) is 5.80. The van der Waals surface area contributed by atoms with Gasteiger partial charge in [-0.25, -0.2) is 0 Å². The summed E-state index contributed by atoms with van der Waals surface area (Å²) in [4.78, 5) is 6.89. The molecular weight excluding hydrogens is 238 g/mol. The zero-order chi connectivity index (χ0) is 13.2. The molecule has 0 amide bonds. The molecule has 1 saturated heterocycles. The molecule has 19 heavy (non-hydrogen) atoms. The van der Waals surface area contributed by atoms with E-state index in [1.165, 1.54) is 17.7 Å². The zero-order valence-corrected chi connectivity index (χ0v) is 11.6. The normalized spacial score (nSPS) is 29.8. The van der Waals surface area contributed by atoms with E-state index in [1.54, 1.807) is 0 Å². The van der Waals surface area contributed by atoms with Crippen LogP contribution in [-0.4, -0.2) is 48.8 Å². The second kappa shape index (κ2) is 5.57. The number of pyridine rings is 1. The van der Waals surface area contributed by atoms with Crippen molar-refractivity contribution in [1.29, 1.82) is 0 Å². The lowest BCUT2D eigenvalue weighted by Crippen LogP contribution is -2.52. The molecule has 3 unspecified atom stereocenters. The van der Waals surface area contributed by atoms with Gasteiger partial charge in [0.1, 0.15) is 0 Å².